The SMILES string of the molecule is CCOc1ccc(C(=O)N(CCN(C)C)c2nc3cc(C)c(C)cc3s2)cc1. The number of likely N-dealkylation sites (N-methyl/N-ethyl adjacent to an activating group) is 1. The Hall–Kier alpha value is -2.44. The Bertz CT molecular complexity index is 925. The van der Waals surface area contributed by atoms with Gasteiger partial charge in [0.05, 0.1) is 16.8 Å². The van der Waals surface area contributed by atoms with Crippen LogP contribution in [0, 0.1) is 13.8 Å². The lowest BCUT2D eigenvalue weighted by atomic mass is 10.1. The predicted molar refractivity (Wildman–Crippen MR) is 117 cm³/mol. The Morgan fingerprint density at radius 2 is 1.75 bits per heavy atom. The van der Waals surface area contributed by atoms with E-state index in [-0.39, 0.29) is 5.91 Å². The number of amides is 1. The van der Waals surface area contributed by atoms with E-state index in [2.05, 4.69) is 30.9 Å². The predicted octanol–water partition coefficient (Wildman–Crippen LogP) is 4.52. The molecule has 1 aromatic heterocycles. The van der Waals surface area contributed by atoms with Gasteiger partial charge in [-0.1, -0.05) is 11.3 Å². The molecule has 0 atom stereocenters. The minimum absolute atomic E-state index is 0.0441. The fourth-order valence-corrected chi connectivity index (χ4v) is 3.95. The van der Waals surface area contributed by atoms with Crippen LogP contribution in [-0.2, 0) is 0 Å². The van der Waals surface area contributed by atoms with Gasteiger partial charge in [-0.2, -0.15) is 0 Å². The highest BCUT2D eigenvalue weighted by atomic mass is 32.1. The number of benzene rings is 2. The van der Waals surface area contributed by atoms with Crippen molar-refractivity contribution in [3.05, 3.63) is 53.1 Å². The van der Waals surface area contributed by atoms with Crippen molar-refractivity contribution in [1.82, 2.24) is 9.88 Å². The highest BCUT2D eigenvalue weighted by Crippen LogP contribution is 2.31. The Morgan fingerprint density at radius 1 is 1.07 bits per heavy atom. The van der Waals surface area contributed by atoms with E-state index in [9.17, 15) is 4.79 Å². The quantitative estimate of drug-likeness (QED) is 0.588. The number of ether oxygens (including phenoxy) is 1. The first kappa shape index (κ1) is 20.3. The Balaban J connectivity index is 1.95. The van der Waals surface area contributed by atoms with Crippen molar-refractivity contribution in [3.8, 4) is 5.75 Å². The maximum absolute atomic E-state index is 13.3. The molecule has 0 spiro atoms. The molecule has 0 aliphatic rings. The second kappa shape index (κ2) is 8.71. The van der Waals surface area contributed by atoms with Gasteiger partial charge in [0.1, 0.15) is 5.75 Å². The van der Waals surface area contributed by atoms with Gasteiger partial charge in [0, 0.05) is 18.7 Å². The molecule has 0 aliphatic heterocycles. The summed E-state index contributed by atoms with van der Waals surface area (Å²) in [6.07, 6.45) is 0. The van der Waals surface area contributed by atoms with E-state index in [1.165, 1.54) is 11.1 Å². The van der Waals surface area contributed by atoms with Gasteiger partial charge in [0.15, 0.2) is 5.13 Å². The molecule has 3 rings (SSSR count). The first-order valence-corrected chi connectivity index (χ1v) is 10.3. The van der Waals surface area contributed by atoms with Gasteiger partial charge in [0.25, 0.3) is 5.91 Å². The molecule has 0 fully saturated rings. The molecule has 0 unspecified atom stereocenters. The van der Waals surface area contributed by atoms with Gasteiger partial charge in [-0.15, -0.1) is 0 Å². The third-order valence-electron chi connectivity index (χ3n) is 4.65. The van der Waals surface area contributed by atoms with Crippen LogP contribution in [0.1, 0.15) is 28.4 Å². The number of hydrogen-bond donors (Lipinski definition) is 0. The molecule has 6 heteroatoms. The second-order valence-electron chi connectivity index (χ2n) is 7.12. The minimum Gasteiger partial charge on any atom is -0.494 e. The van der Waals surface area contributed by atoms with Crippen LogP contribution in [0.4, 0.5) is 5.13 Å². The zero-order valence-electron chi connectivity index (χ0n) is 17.2. The van der Waals surface area contributed by atoms with Crippen molar-refractivity contribution in [1.29, 1.82) is 0 Å². The summed E-state index contributed by atoms with van der Waals surface area (Å²) >= 11 is 1.56. The second-order valence-corrected chi connectivity index (χ2v) is 8.13. The number of aromatic nitrogens is 1. The summed E-state index contributed by atoms with van der Waals surface area (Å²) in [5.74, 6) is 0.724. The zero-order valence-corrected chi connectivity index (χ0v) is 18.0. The van der Waals surface area contributed by atoms with Gasteiger partial charge in [-0.25, -0.2) is 4.98 Å². The summed E-state index contributed by atoms with van der Waals surface area (Å²) in [6.45, 7) is 8.07. The van der Waals surface area contributed by atoms with Crippen molar-refractivity contribution in [2.24, 2.45) is 0 Å². The first-order chi connectivity index (χ1) is 13.4. The Kier molecular flexibility index (Phi) is 6.31. The zero-order chi connectivity index (χ0) is 20.3. The van der Waals surface area contributed by atoms with Gasteiger partial charge in [-0.05, 0) is 82.4 Å². The molecule has 0 radical (unpaired) electrons. The van der Waals surface area contributed by atoms with Gasteiger partial charge in [-0.3, -0.25) is 9.69 Å². The molecule has 0 saturated carbocycles. The lowest BCUT2D eigenvalue weighted by Crippen LogP contribution is -2.36. The lowest BCUT2D eigenvalue weighted by molar-refractivity contribution is 0.0985. The number of rotatable bonds is 7. The van der Waals surface area contributed by atoms with Crippen LogP contribution in [0.5, 0.6) is 5.75 Å². The molecule has 0 N–H and O–H groups in total. The number of hydrogen-bond acceptors (Lipinski definition) is 5. The fraction of sp³-hybridized carbons (Fsp3) is 0.364. The number of nitrogens with zero attached hydrogens (tertiary/aromatic N) is 3. The molecule has 0 aliphatic carbocycles. The normalized spacial score (nSPS) is 11.2. The van der Waals surface area contributed by atoms with Crippen LogP contribution >= 0.6 is 11.3 Å². The number of fused-ring (bicyclic) bond motifs is 1. The van der Waals surface area contributed by atoms with Gasteiger partial charge in [0.2, 0.25) is 0 Å². The third-order valence-corrected chi connectivity index (χ3v) is 5.69. The summed E-state index contributed by atoms with van der Waals surface area (Å²) in [5, 5.41) is 0.737. The van der Waals surface area contributed by atoms with Crippen molar-refractivity contribution in [3.63, 3.8) is 0 Å². The van der Waals surface area contributed by atoms with Crippen LogP contribution in [0.2, 0.25) is 0 Å². The van der Waals surface area contributed by atoms with E-state index < -0.39 is 0 Å². The largest absolute Gasteiger partial charge is 0.494 e. The molecule has 148 valence electrons. The number of anilines is 1. The molecule has 5 nitrogen and oxygen atoms in total. The summed E-state index contributed by atoms with van der Waals surface area (Å²) in [4.78, 5) is 21.9. The van der Waals surface area contributed by atoms with E-state index in [1.807, 2.05) is 45.3 Å². The van der Waals surface area contributed by atoms with E-state index in [1.54, 1.807) is 16.2 Å². The van der Waals surface area contributed by atoms with Crippen LogP contribution < -0.4 is 9.64 Å². The molecule has 1 heterocycles. The first-order valence-electron chi connectivity index (χ1n) is 9.46. The molecule has 0 bridgehead atoms. The average molecular weight is 398 g/mol. The molecule has 0 saturated heterocycles. The van der Waals surface area contributed by atoms with E-state index in [4.69, 9.17) is 9.72 Å². The number of carbonyl (C=O) groups excluding carboxylic acids is 1. The lowest BCUT2D eigenvalue weighted by Gasteiger charge is -2.22. The average Bonchev–Trinajstić information content (AvgIpc) is 3.05. The number of carbonyl (C=O) groups is 1. The molecule has 28 heavy (non-hydrogen) atoms. The molecular formula is C22H27N3O2S. The maximum atomic E-state index is 13.3. The smallest absolute Gasteiger partial charge is 0.260 e. The number of aryl methyl sites for hydroxylation is 2. The molecule has 1 amide bonds. The van der Waals surface area contributed by atoms with Gasteiger partial charge < -0.3 is 9.64 Å². The monoisotopic (exact) mass is 397 g/mol. The highest BCUT2D eigenvalue weighted by Gasteiger charge is 2.21. The van der Waals surface area contributed by atoms with Crippen LogP contribution in [-0.4, -0.2) is 49.6 Å². The van der Waals surface area contributed by atoms with E-state index >= 15 is 0 Å². The number of thiazole rings is 1. The minimum atomic E-state index is -0.0441. The summed E-state index contributed by atoms with van der Waals surface area (Å²) < 4.78 is 6.59. The van der Waals surface area contributed by atoms with Crippen molar-refractivity contribution < 1.29 is 9.53 Å². The fourth-order valence-electron chi connectivity index (χ4n) is 2.88. The Morgan fingerprint density at radius 3 is 2.39 bits per heavy atom. The maximum Gasteiger partial charge on any atom is 0.260 e. The van der Waals surface area contributed by atoms with Crippen molar-refractivity contribution in [2.45, 2.75) is 20.8 Å². The third kappa shape index (κ3) is 4.51. The van der Waals surface area contributed by atoms with Gasteiger partial charge >= 0.3 is 0 Å². The van der Waals surface area contributed by atoms with Crippen molar-refractivity contribution in [2.75, 3.05) is 38.7 Å². The molecular weight excluding hydrogens is 370 g/mol. The Labute approximate surface area is 170 Å². The topological polar surface area (TPSA) is 45.7 Å². The summed E-state index contributed by atoms with van der Waals surface area (Å²) in [7, 11) is 4.01. The van der Waals surface area contributed by atoms with Crippen LogP contribution in [0.3, 0.4) is 0 Å². The van der Waals surface area contributed by atoms with Crippen molar-refractivity contribution >= 4 is 32.6 Å². The van der Waals surface area contributed by atoms with E-state index in [0.29, 0.717) is 18.7 Å². The van der Waals surface area contributed by atoms with Crippen LogP contribution in [0.25, 0.3) is 10.2 Å². The standard InChI is InChI=1S/C22H27N3O2S/c1-6-27-18-9-7-17(8-10-18)21(26)25(12-11-24(4)5)22-23-19-13-15(2)16(3)14-20(19)28-22/h7-10,13-14H,6,11-12H2,1-5H3. The summed E-state index contributed by atoms with van der Waals surface area (Å²) in [6, 6.07) is 11.6. The van der Waals surface area contributed by atoms with E-state index in [0.717, 1.165) is 27.6 Å². The molecule has 2 aromatic carbocycles. The summed E-state index contributed by atoms with van der Waals surface area (Å²) in [5.41, 5.74) is 4.02. The molecule has 3 aromatic rings. The van der Waals surface area contributed by atoms with Crippen LogP contribution in [0.15, 0.2) is 36.4 Å². The highest BCUT2D eigenvalue weighted by molar-refractivity contribution is 7.22.